The molecule has 0 radical (unpaired) electrons. The first-order valence-electron chi connectivity index (χ1n) is 9.60. The summed E-state index contributed by atoms with van der Waals surface area (Å²) >= 11 is 0. The zero-order chi connectivity index (χ0) is 21.0. The normalized spacial score (nSPS) is 13.7. The number of aliphatic hydroxyl groups is 1. The average molecular weight is 371 g/mol. The lowest BCUT2D eigenvalue weighted by Gasteiger charge is -2.32. The van der Waals surface area contributed by atoms with E-state index >= 15 is 0 Å². The molecule has 0 unspecified atom stereocenters. The third-order valence-electron chi connectivity index (χ3n) is 4.17. The molecule has 26 heavy (non-hydrogen) atoms. The van der Waals surface area contributed by atoms with Gasteiger partial charge in [0.2, 0.25) is 11.8 Å². The Bertz CT molecular complexity index is 438. The van der Waals surface area contributed by atoms with E-state index in [4.69, 9.17) is 0 Å². The van der Waals surface area contributed by atoms with Crippen LogP contribution in [-0.2, 0) is 9.59 Å². The van der Waals surface area contributed by atoms with Gasteiger partial charge in [-0.15, -0.1) is 0 Å². The Balaban J connectivity index is 4.45. The second kappa shape index (κ2) is 8.73. The summed E-state index contributed by atoms with van der Waals surface area (Å²) in [5.74, 6) is -0.156. The van der Waals surface area contributed by atoms with Gasteiger partial charge in [-0.3, -0.25) is 9.59 Å². The SMILES string of the molecule is CC(C)(C)CC(C)(C)C(=O)NCC(O)CNC(=O)C(C)(C)CC(C)(C)C. The van der Waals surface area contributed by atoms with Crippen molar-refractivity contribution >= 4 is 11.8 Å². The van der Waals surface area contributed by atoms with Crippen molar-refractivity contribution < 1.29 is 14.7 Å². The highest BCUT2D eigenvalue weighted by atomic mass is 16.3. The summed E-state index contributed by atoms with van der Waals surface area (Å²) in [7, 11) is 0. The van der Waals surface area contributed by atoms with Gasteiger partial charge in [0.25, 0.3) is 0 Å². The fraction of sp³-hybridized carbons (Fsp3) is 0.905. The fourth-order valence-corrected chi connectivity index (χ4v) is 3.78. The number of hydrogen-bond acceptors (Lipinski definition) is 3. The Labute approximate surface area is 160 Å². The molecule has 0 bridgehead atoms. The van der Waals surface area contributed by atoms with E-state index in [0.29, 0.717) is 0 Å². The molecular formula is C21H42N2O3. The van der Waals surface area contributed by atoms with Crippen LogP contribution in [0.3, 0.4) is 0 Å². The standard InChI is InChI=1S/C21H42N2O3/c1-18(2,3)13-20(7,8)16(25)22-11-15(24)12-23-17(26)21(9,10)14-19(4,5)6/h15,24H,11-14H2,1-10H3,(H,22,25)(H,23,26). The molecule has 0 aromatic rings. The number of nitrogens with one attached hydrogen (secondary N) is 2. The van der Waals surface area contributed by atoms with Gasteiger partial charge in [0.15, 0.2) is 0 Å². The van der Waals surface area contributed by atoms with E-state index in [1.807, 2.05) is 27.7 Å². The van der Waals surface area contributed by atoms with Crippen molar-refractivity contribution in [1.82, 2.24) is 10.6 Å². The number of amides is 2. The molecular weight excluding hydrogens is 328 g/mol. The maximum Gasteiger partial charge on any atom is 0.225 e. The van der Waals surface area contributed by atoms with Crippen LogP contribution in [0.2, 0.25) is 0 Å². The van der Waals surface area contributed by atoms with Crippen LogP contribution < -0.4 is 10.6 Å². The second-order valence-electron chi connectivity index (χ2n) is 11.3. The van der Waals surface area contributed by atoms with Crippen LogP contribution in [0.25, 0.3) is 0 Å². The van der Waals surface area contributed by atoms with Crippen LogP contribution in [0.5, 0.6) is 0 Å². The second-order valence-corrected chi connectivity index (χ2v) is 11.3. The van der Waals surface area contributed by atoms with E-state index in [1.165, 1.54) is 0 Å². The van der Waals surface area contributed by atoms with Gasteiger partial charge in [0.1, 0.15) is 0 Å². The number of aliphatic hydroxyl groups excluding tert-OH is 1. The minimum atomic E-state index is -0.807. The van der Waals surface area contributed by atoms with E-state index in [2.05, 4.69) is 52.2 Å². The molecule has 2 amide bonds. The first-order chi connectivity index (χ1) is 11.4. The lowest BCUT2D eigenvalue weighted by atomic mass is 9.75. The quantitative estimate of drug-likeness (QED) is 0.612. The monoisotopic (exact) mass is 370 g/mol. The predicted molar refractivity (Wildman–Crippen MR) is 108 cm³/mol. The zero-order valence-corrected chi connectivity index (χ0v) is 18.7. The van der Waals surface area contributed by atoms with Crippen LogP contribution in [0.1, 0.15) is 82.1 Å². The summed E-state index contributed by atoms with van der Waals surface area (Å²) in [6, 6.07) is 0. The Morgan fingerprint density at radius 3 is 1.19 bits per heavy atom. The fourth-order valence-electron chi connectivity index (χ4n) is 3.78. The first-order valence-corrected chi connectivity index (χ1v) is 9.60. The average Bonchev–Trinajstić information content (AvgIpc) is 2.36. The van der Waals surface area contributed by atoms with Gasteiger partial charge in [0, 0.05) is 23.9 Å². The zero-order valence-electron chi connectivity index (χ0n) is 18.7. The minimum absolute atomic E-state index is 0.0477. The van der Waals surface area contributed by atoms with Crippen molar-refractivity contribution in [2.45, 2.75) is 88.2 Å². The predicted octanol–water partition coefficient (Wildman–Crippen LogP) is 3.50. The molecule has 154 valence electrons. The summed E-state index contributed by atoms with van der Waals surface area (Å²) in [5, 5.41) is 15.7. The molecule has 3 N–H and O–H groups in total. The van der Waals surface area contributed by atoms with Crippen molar-refractivity contribution in [3.05, 3.63) is 0 Å². The number of hydrogen-bond donors (Lipinski definition) is 3. The smallest absolute Gasteiger partial charge is 0.225 e. The molecule has 0 spiro atoms. The summed E-state index contributed by atoms with van der Waals surface area (Å²) in [6.07, 6.45) is 0.693. The van der Waals surface area contributed by atoms with Crippen LogP contribution >= 0.6 is 0 Å². The number of carbonyl (C=O) groups is 2. The molecule has 0 aromatic carbocycles. The molecule has 0 aliphatic heterocycles. The van der Waals surface area contributed by atoms with Gasteiger partial charge in [-0.1, -0.05) is 69.2 Å². The molecule has 5 heteroatoms. The maximum atomic E-state index is 12.4. The molecule has 0 aliphatic carbocycles. The van der Waals surface area contributed by atoms with Gasteiger partial charge in [0.05, 0.1) is 6.10 Å². The third-order valence-corrected chi connectivity index (χ3v) is 4.17. The van der Waals surface area contributed by atoms with E-state index < -0.39 is 16.9 Å². The van der Waals surface area contributed by atoms with Gasteiger partial charge >= 0.3 is 0 Å². The third kappa shape index (κ3) is 10.1. The van der Waals surface area contributed by atoms with Crippen molar-refractivity contribution in [3.63, 3.8) is 0 Å². The first kappa shape index (κ1) is 24.9. The van der Waals surface area contributed by atoms with Crippen LogP contribution in [0.4, 0.5) is 0 Å². The lowest BCUT2D eigenvalue weighted by molar-refractivity contribution is -0.131. The van der Waals surface area contributed by atoms with Gasteiger partial charge < -0.3 is 15.7 Å². The molecule has 0 atom stereocenters. The summed E-state index contributed by atoms with van der Waals surface area (Å²) in [6.45, 7) is 20.5. The van der Waals surface area contributed by atoms with E-state index in [-0.39, 0.29) is 35.7 Å². The van der Waals surface area contributed by atoms with Crippen molar-refractivity contribution in [1.29, 1.82) is 0 Å². The molecule has 5 nitrogen and oxygen atoms in total. The topological polar surface area (TPSA) is 78.4 Å². The van der Waals surface area contributed by atoms with E-state index in [9.17, 15) is 14.7 Å². The van der Waals surface area contributed by atoms with Crippen LogP contribution in [0.15, 0.2) is 0 Å². The van der Waals surface area contributed by atoms with Crippen molar-refractivity contribution in [2.24, 2.45) is 21.7 Å². The van der Waals surface area contributed by atoms with E-state index in [0.717, 1.165) is 12.8 Å². The van der Waals surface area contributed by atoms with Crippen molar-refractivity contribution in [2.75, 3.05) is 13.1 Å². The largest absolute Gasteiger partial charge is 0.389 e. The lowest BCUT2D eigenvalue weighted by Crippen LogP contribution is -2.47. The van der Waals surface area contributed by atoms with Gasteiger partial charge in [-0.05, 0) is 23.7 Å². The van der Waals surface area contributed by atoms with Gasteiger partial charge in [-0.25, -0.2) is 0 Å². The summed E-state index contributed by atoms with van der Waals surface area (Å²) < 4.78 is 0. The molecule has 0 saturated carbocycles. The van der Waals surface area contributed by atoms with Crippen LogP contribution in [0, 0.1) is 21.7 Å². The van der Waals surface area contributed by atoms with Gasteiger partial charge in [-0.2, -0.15) is 0 Å². The Hall–Kier alpha value is -1.10. The molecule has 0 aromatic heterocycles. The maximum absolute atomic E-state index is 12.4. The molecule has 0 heterocycles. The summed E-state index contributed by atoms with van der Waals surface area (Å²) in [5.41, 5.74) is -0.913. The Morgan fingerprint density at radius 2 is 0.962 bits per heavy atom. The van der Waals surface area contributed by atoms with E-state index in [1.54, 1.807) is 0 Å². The summed E-state index contributed by atoms with van der Waals surface area (Å²) in [4.78, 5) is 24.8. The number of rotatable bonds is 8. The minimum Gasteiger partial charge on any atom is -0.389 e. The molecule has 0 fully saturated rings. The van der Waals surface area contributed by atoms with Crippen LogP contribution in [-0.4, -0.2) is 36.1 Å². The molecule has 0 aliphatic rings. The Morgan fingerprint density at radius 1 is 0.692 bits per heavy atom. The number of carbonyl (C=O) groups excluding carboxylic acids is 2. The highest BCUT2D eigenvalue weighted by Gasteiger charge is 2.34. The Kier molecular flexibility index (Phi) is 8.36. The molecule has 0 rings (SSSR count). The molecule has 0 saturated heterocycles. The highest BCUT2D eigenvalue weighted by molar-refractivity contribution is 5.82. The highest BCUT2D eigenvalue weighted by Crippen LogP contribution is 2.34. The van der Waals surface area contributed by atoms with Crippen molar-refractivity contribution in [3.8, 4) is 0 Å².